The number of aromatic nitrogens is 4. The summed E-state index contributed by atoms with van der Waals surface area (Å²) >= 11 is 6.05. The largest absolute Gasteiger partial charge is 0.477 e. The minimum Gasteiger partial charge on any atom is -0.477 e. The van der Waals surface area contributed by atoms with Crippen molar-refractivity contribution in [3.63, 3.8) is 0 Å². The molecule has 0 atom stereocenters. The van der Waals surface area contributed by atoms with Crippen LogP contribution in [0.1, 0.15) is 16.7 Å². The number of hydrogen-bond donors (Lipinski definition) is 0. The molecule has 164 valence electrons. The molecule has 8 heteroatoms. The van der Waals surface area contributed by atoms with Crippen LogP contribution in [0.3, 0.4) is 0 Å². The maximum atomic E-state index is 12.2. The topological polar surface area (TPSA) is 71.2 Å². The first-order valence-electron chi connectivity index (χ1n) is 10.2. The van der Waals surface area contributed by atoms with Crippen LogP contribution in [0.5, 0.6) is 17.4 Å². The van der Waals surface area contributed by atoms with Crippen LogP contribution >= 0.6 is 11.6 Å². The minimum atomic E-state index is -0.356. The van der Waals surface area contributed by atoms with Crippen LogP contribution in [-0.4, -0.2) is 25.9 Å². The molecule has 0 amide bonds. The second-order valence-electron chi connectivity index (χ2n) is 7.45. The van der Waals surface area contributed by atoms with E-state index in [1.807, 2.05) is 62.6 Å². The Morgan fingerprint density at radius 1 is 1.03 bits per heavy atom. The predicted molar refractivity (Wildman–Crippen MR) is 123 cm³/mol. The number of ether oxygens (including phenoxy) is 2. The number of halogens is 1. The Morgan fingerprint density at radius 3 is 2.50 bits per heavy atom. The van der Waals surface area contributed by atoms with Crippen LogP contribution in [0.4, 0.5) is 0 Å². The maximum Gasteiger partial charge on any atom is 0.351 e. The lowest BCUT2D eigenvalue weighted by Crippen LogP contribution is -2.23. The fraction of sp³-hybridized carbons (Fsp3) is 0.208. The van der Waals surface area contributed by atoms with Crippen LogP contribution in [0.2, 0.25) is 5.02 Å². The average Bonchev–Trinajstić information content (AvgIpc) is 3.18. The Kier molecular flexibility index (Phi) is 6.56. The number of rotatable bonds is 8. The van der Waals surface area contributed by atoms with Crippen LogP contribution in [0.15, 0.2) is 71.9 Å². The molecule has 0 bridgehead atoms. The molecule has 32 heavy (non-hydrogen) atoms. The van der Waals surface area contributed by atoms with Gasteiger partial charge < -0.3 is 9.47 Å². The second-order valence-corrected chi connectivity index (χ2v) is 7.86. The molecule has 0 unspecified atom stereocenters. The van der Waals surface area contributed by atoms with E-state index < -0.39 is 0 Å². The summed E-state index contributed by atoms with van der Waals surface area (Å²) in [4.78, 5) is 16.2. The van der Waals surface area contributed by atoms with Crippen molar-refractivity contribution in [2.24, 2.45) is 7.05 Å². The molecule has 0 saturated heterocycles. The van der Waals surface area contributed by atoms with Crippen LogP contribution in [0, 0.1) is 6.92 Å². The van der Waals surface area contributed by atoms with Gasteiger partial charge in [-0.25, -0.2) is 4.79 Å². The van der Waals surface area contributed by atoms with E-state index in [2.05, 4.69) is 10.1 Å². The number of aryl methyl sites for hydroxylation is 2. The lowest BCUT2D eigenvalue weighted by Gasteiger charge is -2.09. The van der Waals surface area contributed by atoms with Gasteiger partial charge in [0.05, 0.1) is 19.3 Å². The van der Waals surface area contributed by atoms with E-state index in [0.29, 0.717) is 30.5 Å². The Labute approximate surface area is 190 Å². The Morgan fingerprint density at radius 2 is 1.81 bits per heavy atom. The molecule has 0 fully saturated rings. The van der Waals surface area contributed by atoms with E-state index in [4.69, 9.17) is 21.1 Å². The van der Waals surface area contributed by atoms with Gasteiger partial charge in [-0.05, 0) is 48.4 Å². The van der Waals surface area contributed by atoms with Gasteiger partial charge in [-0.2, -0.15) is 10.1 Å². The third-order valence-corrected chi connectivity index (χ3v) is 5.31. The first kappa shape index (κ1) is 21.6. The molecule has 4 aromatic rings. The molecule has 0 N–H and O–H groups in total. The molecule has 2 heterocycles. The molecule has 2 aromatic heterocycles. The third-order valence-electron chi connectivity index (χ3n) is 4.89. The second kappa shape index (κ2) is 9.70. The van der Waals surface area contributed by atoms with E-state index in [9.17, 15) is 4.79 Å². The Bertz CT molecular complexity index is 1260. The van der Waals surface area contributed by atoms with Gasteiger partial charge in [0.2, 0.25) is 5.88 Å². The van der Waals surface area contributed by atoms with E-state index in [-0.39, 0.29) is 5.69 Å². The summed E-state index contributed by atoms with van der Waals surface area (Å²) < 4.78 is 14.8. The summed E-state index contributed by atoms with van der Waals surface area (Å²) in [6, 6.07) is 15.1. The number of hydrogen-bond acceptors (Lipinski definition) is 5. The molecule has 0 aliphatic heterocycles. The fourth-order valence-electron chi connectivity index (χ4n) is 3.18. The van der Waals surface area contributed by atoms with Crippen molar-refractivity contribution < 1.29 is 9.47 Å². The molecule has 0 saturated carbocycles. The summed E-state index contributed by atoms with van der Waals surface area (Å²) in [6.45, 7) is 2.77. The zero-order valence-corrected chi connectivity index (χ0v) is 18.6. The highest BCUT2D eigenvalue weighted by Gasteiger charge is 2.05. The molecule has 2 aromatic carbocycles. The van der Waals surface area contributed by atoms with E-state index in [1.165, 1.54) is 4.57 Å². The van der Waals surface area contributed by atoms with Crippen molar-refractivity contribution in [1.82, 2.24) is 19.3 Å². The van der Waals surface area contributed by atoms with Crippen LogP contribution < -0.4 is 15.2 Å². The minimum absolute atomic E-state index is 0.315. The van der Waals surface area contributed by atoms with E-state index in [0.717, 1.165) is 28.2 Å². The van der Waals surface area contributed by atoms with Gasteiger partial charge >= 0.3 is 5.69 Å². The third kappa shape index (κ3) is 5.56. The van der Waals surface area contributed by atoms with Gasteiger partial charge in [-0.1, -0.05) is 23.7 Å². The fourth-order valence-corrected chi connectivity index (χ4v) is 3.30. The van der Waals surface area contributed by atoms with Gasteiger partial charge in [-0.3, -0.25) is 9.25 Å². The summed E-state index contributed by atoms with van der Waals surface area (Å²) in [5.41, 5.74) is 2.64. The Balaban J connectivity index is 1.29. The first-order chi connectivity index (χ1) is 15.5. The van der Waals surface area contributed by atoms with Crippen molar-refractivity contribution in [3.8, 4) is 17.4 Å². The molecular formula is C24H23ClN4O3. The average molecular weight is 451 g/mol. The van der Waals surface area contributed by atoms with Crippen molar-refractivity contribution in [2.75, 3.05) is 6.61 Å². The quantitative estimate of drug-likeness (QED) is 0.398. The number of nitrogens with zero attached hydrogens (tertiary/aromatic N) is 4. The SMILES string of the molecule is Cc1cc(Oc2ccc(CCOc3ccn(Cc4cnn(C)c4)c(=O)n3)cc2)ccc1Cl. The van der Waals surface area contributed by atoms with Crippen molar-refractivity contribution in [1.29, 1.82) is 0 Å². The molecule has 0 aliphatic rings. The molecule has 0 spiro atoms. The van der Waals surface area contributed by atoms with E-state index >= 15 is 0 Å². The summed E-state index contributed by atoms with van der Waals surface area (Å²) in [6.07, 6.45) is 5.95. The summed E-state index contributed by atoms with van der Waals surface area (Å²) in [5.74, 6) is 1.80. The zero-order chi connectivity index (χ0) is 22.5. The monoisotopic (exact) mass is 450 g/mol. The van der Waals surface area contributed by atoms with E-state index in [1.54, 1.807) is 23.1 Å². The van der Waals surface area contributed by atoms with Crippen molar-refractivity contribution in [3.05, 3.63) is 99.3 Å². The Hall–Kier alpha value is -3.58. The van der Waals surface area contributed by atoms with Gasteiger partial charge in [0.15, 0.2) is 0 Å². The highest BCUT2D eigenvalue weighted by Crippen LogP contribution is 2.26. The highest BCUT2D eigenvalue weighted by molar-refractivity contribution is 6.31. The number of benzene rings is 2. The van der Waals surface area contributed by atoms with Gasteiger partial charge in [0, 0.05) is 42.5 Å². The molecule has 4 rings (SSSR count). The standard InChI is InChI=1S/C24H23ClN4O3/c1-17-13-21(7-8-22(17)25)32-20-5-3-18(4-6-20)10-12-31-23-9-11-29(24(30)27-23)16-19-14-26-28(2)15-19/h3-9,11,13-15H,10,12,16H2,1-2H3. The van der Waals surface area contributed by atoms with Gasteiger partial charge in [0.1, 0.15) is 11.5 Å². The van der Waals surface area contributed by atoms with Crippen LogP contribution in [-0.2, 0) is 20.0 Å². The lowest BCUT2D eigenvalue weighted by atomic mass is 10.1. The highest BCUT2D eigenvalue weighted by atomic mass is 35.5. The summed E-state index contributed by atoms with van der Waals surface area (Å²) in [7, 11) is 1.84. The van der Waals surface area contributed by atoms with Gasteiger partial charge in [0.25, 0.3) is 0 Å². The smallest absolute Gasteiger partial charge is 0.351 e. The lowest BCUT2D eigenvalue weighted by molar-refractivity contribution is 0.306. The van der Waals surface area contributed by atoms with Crippen LogP contribution in [0.25, 0.3) is 0 Å². The molecule has 7 nitrogen and oxygen atoms in total. The maximum absolute atomic E-state index is 12.2. The normalized spacial score (nSPS) is 10.8. The zero-order valence-electron chi connectivity index (χ0n) is 17.9. The molecule has 0 aliphatic carbocycles. The predicted octanol–water partition coefficient (Wildman–Crippen LogP) is 4.40. The van der Waals surface area contributed by atoms with Gasteiger partial charge in [-0.15, -0.1) is 0 Å². The molecular weight excluding hydrogens is 428 g/mol. The summed E-state index contributed by atoms with van der Waals surface area (Å²) in [5, 5.41) is 4.82. The first-order valence-corrected chi connectivity index (χ1v) is 10.5. The van der Waals surface area contributed by atoms with Crippen molar-refractivity contribution in [2.45, 2.75) is 19.9 Å². The molecule has 0 radical (unpaired) electrons. The van der Waals surface area contributed by atoms with Crippen molar-refractivity contribution >= 4 is 11.6 Å².